The fraction of sp³-hybridized carbons (Fsp3) is 0.350. The average molecular weight is 480 g/mol. The molecule has 1 saturated heterocycles. The molecule has 1 atom stereocenters. The lowest BCUT2D eigenvalue weighted by Gasteiger charge is -2.48. The van der Waals surface area contributed by atoms with E-state index >= 15 is 0 Å². The molecule has 31 heavy (non-hydrogen) atoms. The number of hydrogen-bond acceptors (Lipinski definition) is 8. The lowest BCUT2D eigenvalue weighted by atomic mass is 9.85. The van der Waals surface area contributed by atoms with E-state index < -0.39 is 21.5 Å². The number of carbonyl (C=O) groups excluding carboxylic acids is 2. The number of likely N-dealkylation sites (tertiary alicyclic amines) is 1. The molecular weight excluding hydrogens is 458 g/mol. The summed E-state index contributed by atoms with van der Waals surface area (Å²) < 4.78 is 33.7. The van der Waals surface area contributed by atoms with E-state index in [1.807, 2.05) is 25.3 Å². The van der Waals surface area contributed by atoms with Crippen molar-refractivity contribution in [2.75, 3.05) is 13.2 Å². The number of aromatic nitrogens is 1. The number of nitrogens with zero attached hydrogens (tertiary/aromatic N) is 2. The monoisotopic (exact) mass is 479 g/mol. The van der Waals surface area contributed by atoms with Crippen LogP contribution in [0, 0.1) is 6.92 Å². The number of hydrogen-bond donors (Lipinski definition) is 1. The maximum Gasteiger partial charge on any atom is 0.291 e. The number of ether oxygens (including phenoxy) is 1. The van der Waals surface area contributed by atoms with Crippen LogP contribution in [0.5, 0.6) is 5.75 Å². The third-order valence-corrected chi connectivity index (χ3v) is 9.05. The smallest absolute Gasteiger partial charge is 0.291 e. The number of carbonyl (C=O) groups is 2. The third-order valence-electron chi connectivity index (χ3n) is 5.32. The van der Waals surface area contributed by atoms with Gasteiger partial charge in [0.05, 0.1) is 21.7 Å². The van der Waals surface area contributed by atoms with Crippen LogP contribution < -0.4 is 9.46 Å². The van der Waals surface area contributed by atoms with Crippen LogP contribution >= 0.6 is 22.7 Å². The van der Waals surface area contributed by atoms with E-state index in [4.69, 9.17) is 4.74 Å². The zero-order chi connectivity index (χ0) is 22.4. The summed E-state index contributed by atoms with van der Waals surface area (Å²) in [5.41, 5.74) is 0.0960. The van der Waals surface area contributed by atoms with Crippen molar-refractivity contribution in [3.05, 3.63) is 40.1 Å². The predicted molar refractivity (Wildman–Crippen MR) is 119 cm³/mol. The standard InChI is InChI=1S/C20H21N3O5S3/c1-4-28-13-5-6-14-15(11-13)30-19(21-14)31(26,27)22-18(25)20(3)8-9-23(20)17(24)16-12(2)7-10-29-16/h5-7,10-11H,4,8-9H2,1-3H3,(H,22,25). The Hall–Kier alpha value is -2.50. The minimum Gasteiger partial charge on any atom is -0.494 e. The van der Waals surface area contributed by atoms with E-state index in [9.17, 15) is 18.0 Å². The second-order valence-electron chi connectivity index (χ2n) is 7.39. The third kappa shape index (κ3) is 3.81. The van der Waals surface area contributed by atoms with Crippen molar-refractivity contribution in [3.8, 4) is 5.75 Å². The zero-order valence-electron chi connectivity index (χ0n) is 17.2. The van der Waals surface area contributed by atoms with Gasteiger partial charge in [-0.1, -0.05) is 0 Å². The summed E-state index contributed by atoms with van der Waals surface area (Å²) in [6.07, 6.45) is 0.377. The Morgan fingerprint density at radius 3 is 2.71 bits per heavy atom. The van der Waals surface area contributed by atoms with Gasteiger partial charge in [-0.25, -0.2) is 9.71 Å². The van der Waals surface area contributed by atoms with Gasteiger partial charge in [0, 0.05) is 6.54 Å². The Labute approximate surface area is 187 Å². The summed E-state index contributed by atoms with van der Waals surface area (Å²) in [5, 5.41) is 1.81. The van der Waals surface area contributed by atoms with Crippen LogP contribution in [0.4, 0.5) is 0 Å². The number of sulfonamides is 1. The topological polar surface area (TPSA) is 106 Å². The summed E-state index contributed by atoms with van der Waals surface area (Å²) in [5.74, 6) is -0.389. The minimum absolute atomic E-state index is 0.209. The van der Waals surface area contributed by atoms with Crippen molar-refractivity contribution in [2.24, 2.45) is 0 Å². The highest BCUT2D eigenvalue weighted by Crippen LogP contribution is 2.35. The molecule has 0 aliphatic carbocycles. The first kappa shape index (κ1) is 21.7. The summed E-state index contributed by atoms with van der Waals surface area (Å²) in [4.78, 5) is 31.9. The molecule has 8 nitrogen and oxygen atoms in total. The fourth-order valence-corrected chi connectivity index (χ4v) is 6.57. The predicted octanol–water partition coefficient (Wildman–Crippen LogP) is 3.17. The van der Waals surface area contributed by atoms with Gasteiger partial charge in [0.2, 0.25) is 4.34 Å². The Kier molecular flexibility index (Phi) is 5.52. The van der Waals surface area contributed by atoms with Crippen LogP contribution in [-0.4, -0.2) is 48.8 Å². The van der Waals surface area contributed by atoms with Gasteiger partial charge in [0.1, 0.15) is 11.3 Å². The summed E-state index contributed by atoms with van der Waals surface area (Å²) in [7, 11) is -4.19. The van der Waals surface area contributed by atoms with Gasteiger partial charge in [-0.3, -0.25) is 9.59 Å². The lowest BCUT2D eigenvalue weighted by Crippen LogP contribution is -2.67. The lowest BCUT2D eigenvalue weighted by molar-refractivity contribution is -0.135. The van der Waals surface area contributed by atoms with E-state index in [1.165, 1.54) is 16.2 Å². The van der Waals surface area contributed by atoms with Crippen LogP contribution in [0.3, 0.4) is 0 Å². The zero-order valence-corrected chi connectivity index (χ0v) is 19.6. The van der Waals surface area contributed by atoms with Crippen molar-refractivity contribution < 1.29 is 22.7 Å². The maximum absolute atomic E-state index is 12.9. The number of nitrogens with one attached hydrogen (secondary N) is 1. The van der Waals surface area contributed by atoms with E-state index in [2.05, 4.69) is 9.71 Å². The molecule has 4 rings (SSSR count). The molecule has 1 aliphatic heterocycles. The molecule has 3 heterocycles. The number of thiophene rings is 1. The van der Waals surface area contributed by atoms with Crippen molar-refractivity contribution in [2.45, 2.75) is 37.1 Å². The van der Waals surface area contributed by atoms with Crippen LogP contribution in [0.15, 0.2) is 34.0 Å². The quantitative estimate of drug-likeness (QED) is 0.582. The van der Waals surface area contributed by atoms with Gasteiger partial charge in [-0.2, -0.15) is 8.42 Å². The highest BCUT2D eigenvalue weighted by atomic mass is 32.2. The van der Waals surface area contributed by atoms with Gasteiger partial charge < -0.3 is 9.64 Å². The summed E-state index contributed by atoms with van der Waals surface area (Å²) >= 11 is 2.26. The fourth-order valence-electron chi connectivity index (χ4n) is 3.37. The van der Waals surface area contributed by atoms with Crippen molar-refractivity contribution in [1.82, 2.24) is 14.6 Å². The van der Waals surface area contributed by atoms with E-state index in [0.717, 1.165) is 16.9 Å². The second kappa shape index (κ2) is 7.88. The average Bonchev–Trinajstić information content (AvgIpc) is 3.32. The second-order valence-corrected chi connectivity index (χ2v) is 11.2. The Morgan fingerprint density at radius 1 is 1.32 bits per heavy atom. The number of amides is 2. The van der Waals surface area contributed by atoms with E-state index in [1.54, 1.807) is 25.1 Å². The van der Waals surface area contributed by atoms with E-state index in [0.29, 0.717) is 40.4 Å². The molecule has 3 aromatic rings. The minimum atomic E-state index is -4.19. The number of benzene rings is 1. The molecule has 11 heteroatoms. The molecular formula is C20H21N3O5S3. The van der Waals surface area contributed by atoms with Crippen molar-refractivity contribution >= 4 is 54.7 Å². The van der Waals surface area contributed by atoms with Crippen LogP contribution in [0.2, 0.25) is 0 Å². The SMILES string of the molecule is CCOc1ccc2nc(S(=O)(=O)NC(=O)C3(C)CCN3C(=O)c3sccc3C)sc2c1. The Bertz CT molecular complexity index is 1280. The highest BCUT2D eigenvalue weighted by Gasteiger charge is 2.51. The number of fused-ring (bicyclic) bond motifs is 1. The number of rotatable bonds is 6. The molecule has 0 spiro atoms. The van der Waals surface area contributed by atoms with Gasteiger partial charge >= 0.3 is 0 Å². The first-order chi connectivity index (χ1) is 14.7. The Balaban J connectivity index is 1.55. The summed E-state index contributed by atoms with van der Waals surface area (Å²) in [6, 6.07) is 6.94. The first-order valence-corrected chi connectivity index (χ1v) is 12.8. The van der Waals surface area contributed by atoms with Gasteiger partial charge in [-0.05, 0) is 62.4 Å². The van der Waals surface area contributed by atoms with Crippen LogP contribution in [0.25, 0.3) is 10.2 Å². The molecule has 1 N–H and O–H groups in total. The molecule has 1 unspecified atom stereocenters. The first-order valence-electron chi connectivity index (χ1n) is 9.62. The van der Waals surface area contributed by atoms with Crippen molar-refractivity contribution in [3.63, 3.8) is 0 Å². The molecule has 1 aliphatic rings. The van der Waals surface area contributed by atoms with Crippen molar-refractivity contribution in [1.29, 1.82) is 0 Å². The Morgan fingerprint density at radius 2 is 2.10 bits per heavy atom. The molecule has 2 aromatic heterocycles. The highest BCUT2D eigenvalue weighted by molar-refractivity contribution is 7.92. The number of thiazole rings is 1. The molecule has 1 fully saturated rings. The van der Waals surface area contributed by atoms with Gasteiger partial charge in [0.15, 0.2) is 0 Å². The largest absolute Gasteiger partial charge is 0.494 e. The maximum atomic E-state index is 12.9. The molecule has 0 bridgehead atoms. The molecule has 0 saturated carbocycles. The van der Waals surface area contributed by atoms with E-state index in [-0.39, 0.29) is 10.2 Å². The molecule has 1 aromatic carbocycles. The molecule has 2 amide bonds. The van der Waals surface area contributed by atoms with Crippen LogP contribution in [-0.2, 0) is 14.8 Å². The van der Waals surface area contributed by atoms with Crippen LogP contribution in [0.1, 0.15) is 35.5 Å². The molecule has 0 radical (unpaired) electrons. The molecule has 164 valence electrons. The number of aryl methyl sites for hydroxylation is 1. The summed E-state index contributed by atoms with van der Waals surface area (Å²) in [6.45, 7) is 6.15. The normalized spacial score (nSPS) is 18.6. The van der Waals surface area contributed by atoms with Gasteiger partial charge in [0.25, 0.3) is 21.8 Å². The van der Waals surface area contributed by atoms with Gasteiger partial charge in [-0.15, -0.1) is 22.7 Å².